The molecule has 0 radical (unpaired) electrons. The molecule has 1 aliphatic rings. The van der Waals surface area contributed by atoms with E-state index in [9.17, 15) is 4.39 Å². The highest BCUT2D eigenvalue weighted by molar-refractivity contribution is 6.01. The van der Waals surface area contributed by atoms with Crippen molar-refractivity contribution in [3.63, 3.8) is 0 Å². The second-order valence-corrected chi connectivity index (χ2v) is 9.96. The second kappa shape index (κ2) is 9.96. The van der Waals surface area contributed by atoms with Gasteiger partial charge in [-0.25, -0.2) is 9.37 Å². The van der Waals surface area contributed by atoms with E-state index in [2.05, 4.69) is 42.2 Å². The molecule has 2 N–H and O–H groups in total. The summed E-state index contributed by atoms with van der Waals surface area (Å²) in [5, 5.41) is 9.53. The molecule has 5 heterocycles. The van der Waals surface area contributed by atoms with Crippen LogP contribution in [-0.4, -0.2) is 56.3 Å². The zero-order chi connectivity index (χ0) is 26.2. The maximum absolute atomic E-state index is 13.9. The van der Waals surface area contributed by atoms with Crippen LogP contribution in [-0.2, 0) is 0 Å². The lowest BCUT2D eigenvalue weighted by atomic mass is 10.0. The second-order valence-electron chi connectivity index (χ2n) is 9.96. The largest absolute Gasteiger partial charge is 0.491 e. The average molecular weight is 519 g/mol. The number of hydrogen-bond acceptors (Lipinski definition) is 5. The Labute approximate surface area is 224 Å². The zero-order valence-electron chi connectivity index (χ0n) is 21.3. The normalized spacial score (nSPS) is 14.0. The first-order valence-electron chi connectivity index (χ1n) is 13.2. The third-order valence-electron chi connectivity index (χ3n) is 7.39. The van der Waals surface area contributed by atoms with Gasteiger partial charge in [0.2, 0.25) is 0 Å². The number of fused-ring (bicyclic) bond motifs is 2. The lowest BCUT2D eigenvalue weighted by Gasteiger charge is -2.15. The lowest BCUT2D eigenvalue weighted by Crippen LogP contribution is -2.25. The number of H-pyrrole nitrogens is 2. The van der Waals surface area contributed by atoms with Crippen molar-refractivity contribution in [3.8, 4) is 39.4 Å². The van der Waals surface area contributed by atoms with Gasteiger partial charge >= 0.3 is 0 Å². The molecule has 1 saturated heterocycles. The Balaban J connectivity index is 1.20. The van der Waals surface area contributed by atoms with Crippen LogP contribution in [0.4, 0.5) is 4.39 Å². The van der Waals surface area contributed by atoms with Crippen LogP contribution < -0.4 is 4.74 Å². The van der Waals surface area contributed by atoms with Crippen LogP contribution in [0.5, 0.6) is 5.75 Å². The number of rotatable bonds is 7. The number of aromatic amines is 2. The van der Waals surface area contributed by atoms with E-state index in [4.69, 9.17) is 4.74 Å². The quantitative estimate of drug-likeness (QED) is 0.254. The summed E-state index contributed by atoms with van der Waals surface area (Å²) >= 11 is 0. The summed E-state index contributed by atoms with van der Waals surface area (Å²) in [5.41, 5.74) is 6.93. The maximum atomic E-state index is 13.9. The molecular formula is C31H27FN6O. The summed E-state index contributed by atoms with van der Waals surface area (Å²) in [6, 6.07) is 18.8. The molecule has 7 nitrogen and oxygen atoms in total. The molecule has 0 atom stereocenters. The van der Waals surface area contributed by atoms with Crippen LogP contribution in [0.15, 0.2) is 79.3 Å². The molecule has 0 bridgehead atoms. The summed E-state index contributed by atoms with van der Waals surface area (Å²) in [6.45, 7) is 3.89. The molecule has 39 heavy (non-hydrogen) atoms. The number of hydrogen-bond donors (Lipinski definition) is 2. The minimum absolute atomic E-state index is 0.257. The molecule has 4 aromatic heterocycles. The van der Waals surface area contributed by atoms with Gasteiger partial charge in [0, 0.05) is 46.4 Å². The molecule has 8 heteroatoms. The molecule has 7 rings (SSSR count). The summed E-state index contributed by atoms with van der Waals surface area (Å²) in [6.07, 6.45) is 7.94. The van der Waals surface area contributed by atoms with Gasteiger partial charge in [-0.1, -0.05) is 24.3 Å². The molecule has 0 unspecified atom stereocenters. The Kier molecular flexibility index (Phi) is 6.01. The number of benzene rings is 2. The summed E-state index contributed by atoms with van der Waals surface area (Å²) in [5.74, 6) is 0.493. The maximum Gasteiger partial charge on any atom is 0.155 e. The van der Waals surface area contributed by atoms with E-state index in [1.165, 1.54) is 18.9 Å². The van der Waals surface area contributed by atoms with Crippen molar-refractivity contribution in [2.75, 3.05) is 26.2 Å². The van der Waals surface area contributed by atoms with Crippen LogP contribution in [0.3, 0.4) is 0 Å². The Morgan fingerprint density at radius 1 is 0.872 bits per heavy atom. The van der Waals surface area contributed by atoms with E-state index in [0.717, 1.165) is 75.3 Å². The van der Waals surface area contributed by atoms with Crippen molar-refractivity contribution < 1.29 is 9.13 Å². The number of aromatic nitrogens is 5. The van der Waals surface area contributed by atoms with Crippen LogP contribution in [0.25, 0.3) is 55.6 Å². The Morgan fingerprint density at radius 3 is 2.64 bits per heavy atom. The van der Waals surface area contributed by atoms with E-state index in [1.54, 1.807) is 18.3 Å². The van der Waals surface area contributed by atoms with Gasteiger partial charge < -0.3 is 9.72 Å². The molecule has 0 saturated carbocycles. The summed E-state index contributed by atoms with van der Waals surface area (Å²) in [4.78, 5) is 15.0. The fourth-order valence-corrected chi connectivity index (χ4v) is 5.41. The lowest BCUT2D eigenvalue weighted by molar-refractivity contribution is 0.237. The molecule has 0 spiro atoms. The summed E-state index contributed by atoms with van der Waals surface area (Å²) < 4.78 is 20.0. The van der Waals surface area contributed by atoms with E-state index < -0.39 is 0 Å². The van der Waals surface area contributed by atoms with Gasteiger partial charge in [-0.15, -0.1) is 0 Å². The first kappa shape index (κ1) is 23.5. The van der Waals surface area contributed by atoms with Crippen molar-refractivity contribution in [3.05, 3.63) is 85.1 Å². The van der Waals surface area contributed by atoms with Crippen molar-refractivity contribution >= 4 is 21.9 Å². The van der Waals surface area contributed by atoms with Crippen LogP contribution in [0, 0.1) is 5.82 Å². The van der Waals surface area contributed by atoms with E-state index in [0.29, 0.717) is 12.3 Å². The van der Waals surface area contributed by atoms with E-state index >= 15 is 0 Å². The number of pyridine rings is 2. The van der Waals surface area contributed by atoms with Crippen molar-refractivity contribution in [1.82, 2.24) is 30.0 Å². The number of ether oxygens (including phenoxy) is 1. The predicted octanol–water partition coefficient (Wildman–Crippen LogP) is 6.45. The van der Waals surface area contributed by atoms with Crippen LogP contribution in [0.2, 0.25) is 0 Å². The highest BCUT2D eigenvalue weighted by atomic mass is 19.1. The number of halogens is 1. The zero-order valence-corrected chi connectivity index (χ0v) is 21.3. The molecule has 0 amide bonds. The van der Waals surface area contributed by atoms with Gasteiger partial charge in [0.1, 0.15) is 23.9 Å². The first-order chi connectivity index (χ1) is 19.2. The minimum atomic E-state index is -0.257. The molecule has 0 aliphatic carbocycles. The molecule has 1 aliphatic heterocycles. The fourth-order valence-electron chi connectivity index (χ4n) is 5.41. The van der Waals surface area contributed by atoms with Gasteiger partial charge in [-0.05, 0) is 73.5 Å². The summed E-state index contributed by atoms with van der Waals surface area (Å²) in [7, 11) is 0. The van der Waals surface area contributed by atoms with E-state index in [-0.39, 0.29) is 5.82 Å². The van der Waals surface area contributed by atoms with Gasteiger partial charge in [0.25, 0.3) is 0 Å². The van der Waals surface area contributed by atoms with Gasteiger partial charge in [-0.2, -0.15) is 5.10 Å². The SMILES string of the molecule is Fc1cccc(-c2cccc3[nH]c(-c4n[nH]c5ncc(-c6cncc(OCCN7CCCC7)c6)cc45)cc23)c1. The topological polar surface area (TPSA) is 82.7 Å². The van der Waals surface area contributed by atoms with Crippen molar-refractivity contribution in [1.29, 1.82) is 0 Å². The Morgan fingerprint density at radius 2 is 1.74 bits per heavy atom. The monoisotopic (exact) mass is 518 g/mol. The van der Waals surface area contributed by atoms with Crippen LogP contribution >= 0.6 is 0 Å². The van der Waals surface area contributed by atoms with Crippen LogP contribution in [0.1, 0.15) is 12.8 Å². The minimum Gasteiger partial charge on any atom is -0.491 e. The first-order valence-corrected chi connectivity index (χ1v) is 13.2. The van der Waals surface area contributed by atoms with Crippen molar-refractivity contribution in [2.24, 2.45) is 0 Å². The third kappa shape index (κ3) is 4.64. The third-order valence-corrected chi connectivity index (χ3v) is 7.39. The molecule has 194 valence electrons. The smallest absolute Gasteiger partial charge is 0.155 e. The molecule has 2 aromatic carbocycles. The standard InChI is InChI=1S/C31H27FN6O/c32-23-6-3-5-20(13-23)25-7-4-8-28-26(25)16-29(35-28)30-27-15-22(18-34-31(27)37-36-30)21-14-24(19-33-17-21)39-12-11-38-9-1-2-10-38/h3-8,13-19,35H,1-2,9-12H2,(H,34,36,37). The van der Waals surface area contributed by atoms with Gasteiger partial charge in [0.05, 0.1) is 11.9 Å². The number of likely N-dealkylation sites (tertiary alicyclic amines) is 1. The van der Waals surface area contributed by atoms with E-state index in [1.807, 2.05) is 42.7 Å². The Bertz CT molecular complexity index is 1790. The molecule has 1 fully saturated rings. The van der Waals surface area contributed by atoms with Gasteiger partial charge in [-0.3, -0.25) is 15.0 Å². The number of nitrogens with one attached hydrogen (secondary N) is 2. The van der Waals surface area contributed by atoms with Gasteiger partial charge in [0.15, 0.2) is 5.65 Å². The molecule has 6 aromatic rings. The highest BCUT2D eigenvalue weighted by Gasteiger charge is 2.16. The fraction of sp³-hybridized carbons (Fsp3) is 0.194. The number of nitrogens with zero attached hydrogens (tertiary/aromatic N) is 4. The Hall–Kier alpha value is -4.56. The molecular weight excluding hydrogens is 491 g/mol. The highest BCUT2D eigenvalue weighted by Crippen LogP contribution is 2.35. The average Bonchev–Trinajstić information content (AvgIpc) is 3.72. The van der Waals surface area contributed by atoms with Crippen molar-refractivity contribution in [2.45, 2.75) is 12.8 Å². The predicted molar refractivity (Wildman–Crippen MR) is 151 cm³/mol.